The maximum absolute atomic E-state index is 12.4. The molecule has 0 spiro atoms. The zero-order valence-electron chi connectivity index (χ0n) is 11.1. The molecule has 2 rings (SSSR count). The second kappa shape index (κ2) is 4.14. The Balaban J connectivity index is 2.14. The van der Waals surface area contributed by atoms with E-state index in [1.165, 1.54) is 19.3 Å². The van der Waals surface area contributed by atoms with Gasteiger partial charge < -0.3 is 0 Å². The summed E-state index contributed by atoms with van der Waals surface area (Å²) in [7, 11) is 0. The van der Waals surface area contributed by atoms with Gasteiger partial charge in [0.1, 0.15) is 0 Å². The van der Waals surface area contributed by atoms with Crippen molar-refractivity contribution in [3.63, 3.8) is 0 Å². The molecule has 0 radical (unpaired) electrons. The molecule has 1 aliphatic heterocycles. The lowest BCUT2D eigenvalue weighted by Crippen LogP contribution is -2.44. The Morgan fingerprint density at radius 3 is 2.56 bits per heavy atom. The summed E-state index contributed by atoms with van der Waals surface area (Å²) in [6.45, 7) is 9.39. The van der Waals surface area contributed by atoms with Crippen molar-refractivity contribution in [2.24, 2.45) is 11.3 Å². The molecule has 0 N–H and O–H groups in total. The van der Waals surface area contributed by atoms with Crippen molar-refractivity contribution < 1.29 is 4.79 Å². The Bertz CT molecular complexity index is 279. The highest BCUT2D eigenvalue weighted by Crippen LogP contribution is 2.42. The van der Waals surface area contributed by atoms with Gasteiger partial charge in [0.25, 0.3) is 0 Å². The monoisotopic (exact) mass is 223 g/mol. The molecular weight excluding hydrogens is 198 g/mol. The van der Waals surface area contributed by atoms with Gasteiger partial charge in [-0.1, -0.05) is 34.1 Å². The van der Waals surface area contributed by atoms with Crippen molar-refractivity contribution in [2.75, 3.05) is 6.54 Å². The van der Waals surface area contributed by atoms with Gasteiger partial charge in [-0.3, -0.25) is 9.69 Å². The molecule has 1 saturated carbocycles. The molecule has 2 aliphatic rings. The number of rotatable bonds is 2. The minimum Gasteiger partial charge on any atom is -0.297 e. The third kappa shape index (κ3) is 1.92. The van der Waals surface area contributed by atoms with Gasteiger partial charge in [-0.2, -0.15) is 0 Å². The molecule has 0 bridgehead atoms. The highest BCUT2D eigenvalue weighted by Gasteiger charge is 2.47. The first kappa shape index (κ1) is 12.1. The maximum Gasteiger partial charge on any atom is 0.155 e. The third-order valence-corrected chi connectivity index (χ3v) is 4.38. The van der Waals surface area contributed by atoms with E-state index in [1.54, 1.807) is 0 Å². The Kier molecular flexibility index (Phi) is 3.13. The Hall–Kier alpha value is -0.370. The van der Waals surface area contributed by atoms with Gasteiger partial charge in [0.2, 0.25) is 0 Å². The summed E-state index contributed by atoms with van der Waals surface area (Å²) in [6.07, 6.45) is 5.14. The van der Waals surface area contributed by atoms with Gasteiger partial charge in [-0.15, -0.1) is 0 Å². The van der Waals surface area contributed by atoms with Gasteiger partial charge in [0.05, 0.1) is 6.04 Å². The predicted octanol–water partition coefficient (Wildman–Crippen LogP) is 2.86. The number of hydrogen-bond acceptors (Lipinski definition) is 2. The minimum absolute atomic E-state index is 0.184. The first-order chi connectivity index (χ1) is 7.45. The molecule has 3 atom stereocenters. The summed E-state index contributed by atoms with van der Waals surface area (Å²) in [5.41, 5.74) is -0.184. The highest BCUT2D eigenvalue weighted by molar-refractivity contribution is 5.89. The summed E-state index contributed by atoms with van der Waals surface area (Å²) in [4.78, 5) is 14.9. The molecule has 0 aromatic rings. The first-order valence-corrected chi connectivity index (χ1v) is 6.75. The van der Waals surface area contributed by atoms with Crippen molar-refractivity contribution in [1.82, 2.24) is 4.90 Å². The predicted molar refractivity (Wildman–Crippen MR) is 66.4 cm³/mol. The van der Waals surface area contributed by atoms with Gasteiger partial charge in [-0.25, -0.2) is 0 Å². The van der Waals surface area contributed by atoms with Crippen molar-refractivity contribution in [3.05, 3.63) is 0 Å². The van der Waals surface area contributed by atoms with Crippen LogP contribution in [0.3, 0.4) is 0 Å². The van der Waals surface area contributed by atoms with Crippen LogP contribution >= 0.6 is 0 Å². The van der Waals surface area contributed by atoms with Gasteiger partial charge in [0, 0.05) is 11.5 Å². The van der Waals surface area contributed by atoms with Crippen LogP contribution in [0.5, 0.6) is 0 Å². The second-order valence-corrected chi connectivity index (χ2v) is 6.45. The van der Waals surface area contributed by atoms with E-state index >= 15 is 0 Å². The Morgan fingerprint density at radius 2 is 2.00 bits per heavy atom. The molecule has 92 valence electrons. The van der Waals surface area contributed by atoms with Crippen LogP contribution in [0.25, 0.3) is 0 Å². The minimum atomic E-state index is -0.184. The average Bonchev–Trinajstić information content (AvgIpc) is 2.73. The van der Waals surface area contributed by atoms with E-state index in [4.69, 9.17) is 0 Å². The SMILES string of the molecule is CCN1[C@H](C(=O)C(C)(C)C)C[C@@H]2CCC[C@@H]21. The van der Waals surface area contributed by atoms with Crippen LogP contribution in [0.4, 0.5) is 0 Å². The molecule has 0 amide bonds. The van der Waals surface area contributed by atoms with Crippen molar-refractivity contribution in [2.45, 2.75) is 65.5 Å². The molecule has 0 unspecified atom stereocenters. The number of Topliss-reactive ketones (excluding diaryl/α,β-unsaturated/α-hetero) is 1. The van der Waals surface area contributed by atoms with E-state index in [0.29, 0.717) is 11.8 Å². The lowest BCUT2D eigenvalue weighted by molar-refractivity contribution is -0.131. The smallest absolute Gasteiger partial charge is 0.155 e. The lowest BCUT2D eigenvalue weighted by atomic mass is 9.84. The zero-order chi connectivity index (χ0) is 11.9. The van der Waals surface area contributed by atoms with Gasteiger partial charge >= 0.3 is 0 Å². The largest absolute Gasteiger partial charge is 0.297 e. The summed E-state index contributed by atoms with van der Waals surface area (Å²) in [5.74, 6) is 1.25. The van der Waals surface area contributed by atoms with E-state index in [-0.39, 0.29) is 11.5 Å². The molecule has 16 heavy (non-hydrogen) atoms. The van der Waals surface area contributed by atoms with Crippen molar-refractivity contribution in [1.29, 1.82) is 0 Å². The van der Waals surface area contributed by atoms with E-state index in [2.05, 4.69) is 32.6 Å². The normalized spacial score (nSPS) is 35.4. The van der Waals surface area contributed by atoms with Gasteiger partial charge in [0.15, 0.2) is 5.78 Å². The number of ketones is 1. The highest BCUT2D eigenvalue weighted by atomic mass is 16.1. The van der Waals surface area contributed by atoms with Crippen LogP contribution in [-0.4, -0.2) is 29.3 Å². The van der Waals surface area contributed by atoms with Crippen LogP contribution in [-0.2, 0) is 4.79 Å². The molecule has 1 saturated heterocycles. The molecule has 2 heteroatoms. The van der Waals surface area contributed by atoms with Crippen molar-refractivity contribution >= 4 is 5.78 Å². The van der Waals surface area contributed by atoms with Gasteiger partial charge in [-0.05, 0) is 31.7 Å². The fourth-order valence-electron chi connectivity index (χ4n) is 3.59. The van der Waals surface area contributed by atoms with Crippen molar-refractivity contribution in [3.8, 4) is 0 Å². The summed E-state index contributed by atoms with van der Waals surface area (Å²) in [5, 5.41) is 0. The van der Waals surface area contributed by atoms with Crippen LogP contribution in [0.1, 0.15) is 53.4 Å². The standard InChI is InChI=1S/C14H25NO/c1-5-15-11-8-6-7-10(11)9-12(15)13(16)14(2,3)4/h10-12H,5-9H2,1-4H3/t10-,11-,12-/m0/s1. The van der Waals surface area contributed by atoms with Crippen LogP contribution in [0.2, 0.25) is 0 Å². The lowest BCUT2D eigenvalue weighted by Gasteiger charge is -2.31. The number of nitrogens with zero attached hydrogens (tertiary/aromatic N) is 1. The topological polar surface area (TPSA) is 20.3 Å². The molecule has 1 heterocycles. The van der Waals surface area contributed by atoms with E-state index in [1.807, 2.05) is 0 Å². The molecule has 2 nitrogen and oxygen atoms in total. The van der Waals surface area contributed by atoms with E-state index in [9.17, 15) is 4.79 Å². The molecule has 0 aromatic heterocycles. The molecule has 2 fully saturated rings. The summed E-state index contributed by atoms with van der Waals surface area (Å²) < 4.78 is 0. The van der Waals surface area contributed by atoms with E-state index in [0.717, 1.165) is 18.9 Å². The number of carbonyl (C=O) groups is 1. The fraction of sp³-hybridized carbons (Fsp3) is 0.929. The van der Waals surface area contributed by atoms with Crippen LogP contribution in [0, 0.1) is 11.3 Å². The Morgan fingerprint density at radius 1 is 1.31 bits per heavy atom. The number of hydrogen-bond donors (Lipinski definition) is 0. The summed E-state index contributed by atoms with van der Waals surface area (Å²) in [6, 6.07) is 0.918. The molecular formula is C14H25NO. The molecule has 0 aromatic carbocycles. The average molecular weight is 223 g/mol. The van der Waals surface area contributed by atoms with Crippen LogP contribution in [0.15, 0.2) is 0 Å². The summed E-state index contributed by atoms with van der Waals surface area (Å²) >= 11 is 0. The first-order valence-electron chi connectivity index (χ1n) is 6.75. The molecule has 1 aliphatic carbocycles. The quantitative estimate of drug-likeness (QED) is 0.717. The third-order valence-electron chi connectivity index (χ3n) is 4.38. The number of carbonyl (C=O) groups excluding carboxylic acids is 1. The number of likely N-dealkylation sites (N-methyl/N-ethyl adjacent to an activating group) is 1. The fourth-order valence-corrected chi connectivity index (χ4v) is 3.59. The number of fused-ring (bicyclic) bond motifs is 1. The van der Waals surface area contributed by atoms with E-state index < -0.39 is 0 Å². The second-order valence-electron chi connectivity index (χ2n) is 6.45. The Labute approximate surface area is 99.4 Å². The number of likely N-dealkylation sites (tertiary alicyclic amines) is 1. The maximum atomic E-state index is 12.4. The zero-order valence-corrected chi connectivity index (χ0v) is 11.1. The van der Waals surface area contributed by atoms with Crippen LogP contribution < -0.4 is 0 Å².